The van der Waals surface area contributed by atoms with Gasteiger partial charge in [-0.1, -0.05) is 22.9 Å². The molecule has 4 heterocycles. The molecule has 1 N–H and O–H groups in total. The predicted octanol–water partition coefficient (Wildman–Crippen LogP) is 1.99. The minimum atomic E-state index is -3.54. The first kappa shape index (κ1) is 25.4. The normalized spacial score (nSPS) is 18.0. The van der Waals surface area contributed by atoms with Crippen molar-refractivity contribution >= 4 is 38.1 Å². The summed E-state index contributed by atoms with van der Waals surface area (Å²) in [6, 6.07) is 7.31. The highest BCUT2D eigenvalue weighted by atomic mass is 35.5. The molecule has 0 amide bonds. The lowest BCUT2D eigenvalue weighted by atomic mass is 10.3. The summed E-state index contributed by atoms with van der Waals surface area (Å²) in [7, 11) is -3.54. The maximum absolute atomic E-state index is 13.2. The number of thiazole rings is 1. The number of hydrogen-bond donors (Lipinski definition) is 1. The van der Waals surface area contributed by atoms with E-state index in [0.717, 1.165) is 42.8 Å². The van der Waals surface area contributed by atoms with Crippen LogP contribution in [0.3, 0.4) is 0 Å². The number of nitrogens with one attached hydrogen (secondary N) is 1. The number of hydrogen-bond acceptors (Lipinski definition) is 9. The molecule has 13 heteroatoms. The van der Waals surface area contributed by atoms with E-state index in [-0.39, 0.29) is 0 Å². The van der Waals surface area contributed by atoms with Crippen LogP contribution in [-0.4, -0.2) is 91.1 Å². The van der Waals surface area contributed by atoms with Gasteiger partial charge in [-0.25, -0.2) is 18.4 Å². The summed E-state index contributed by atoms with van der Waals surface area (Å²) in [6.07, 6.45) is 5.18. The molecule has 0 saturated carbocycles. The van der Waals surface area contributed by atoms with Crippen LogP contribution < -0.4 is 15.0 Å². The van der Waals surface area contributed by atoms with Gasteiger partial charge < -0.3 is 19.5 Å². The second-order valence-corrected chi connectivity index (χ2v) is 12.4. The standard InChI is InChI=1S/C23H30ClN7O3S2/c24-19-1-3-21(4-2-19)34-14-13-30-18-26-15-20(30)17-28-9-11-31(12-10-28)36(32,33)22-16-27-23(35-22)29-7-5-25-6-8-29/h1-4,15-16,18,25H,5-14,17H2. The van der Waals surface area contributed by atoms with Crippen LogP contribution in [0.2, 0.25) is 5.02 Å². The number of sulfonamides is 1. The van der Waals surface area contributed by atoms with E-state index in [0.29, 0.717) is 55.1 Å². The van der Waals surface area contributed by atoms with Crippen molar-refractivity contribution in [1.82, 2.24) is 29.1 Å². The lowest BCUT2D eigenvalue weighted by Gasteiger charge is -2.33. The van der Waals surface area contributed by atoms with Crippen molar-refractivity contribution in [2.45, 2.75) is 17.3 Å². The van der Waals surface area contributed by atoms with Crippen molar-refractivity contribution in [1.29, 1.82) is 0 Å². The van der Waals surface area contributed by atoms with E-state index in [1.54, 1.807) is 22.8 Å². The van der Waals surface area contributed by atoms with E-state index in [4.69, 9.17) is 16.3 Å². The topological polar surface area (TPSA) is 95.8 Å². The van der Waals surface area contributed by atoms with Gasteiger partial charge in [-0.2, -0.15) is 4.31 Å². The highest BCUT2D eigenvalue weighted by Gasteiger charge is 2.31. The molecule has 5 rings (SSSR count). The first-order valence-electron chi connectivity index (χ1n) is 12.0. The van der Waals surface area contributed by atoms with Gasteiger partial charge in [0.2, 0.25) is 0 Å². The molecule has 1 aromatic carbocycles. The van der Waals surface area contributed by atoms with Gasteiger partial charge in [0.1, 0.15) is 12.4 Å². The Morgan fingerprint density at radius 3 is 2.53 bits per heavy atom. The van der Waals surface area contributed by atoms with Crippen LogP contribution in [0.25, 0.3) is 0 Å². The summed E-state index contributed by atoms with van der Waals surface area (Å²) in [5.74, 6) is 0.777. The molecular formula is C23H30ClN7O3S2. The molecule has 2 aromatic heterocycles. The molecule has 2 aliphatic rings. The van der Waals surface area contributed by atoms with Crippen LogP contribution >= 0.6 is 22.9 Å². The maximum Gasteiger partial charge on any atom is 0.254 e. The van der Waals surface area contributed by atoms with Gasteiger partial charge in [0.05, 0.1) is 24.8 Å². The molecule has 2 fully saturated rings. The first-order chi connectivity index (χ1) is 17.5. The van der Waals surface area contributed by atoms with Crippen LogP contribution in [0.15, 0.2) is 47.2 Å². The van der Waals surface area contributed by atoms with E-state index in [1.165, 1.54) is 17.5 Å². The van der Waals surface area contributed by atoms with Gasteiger partial charge in [0, 0.05) is 70.1 Å². The van der Waals surface area contributed by atoms with Crippen LogP contribution in [0.4, 0.5) is 5.13 Å². The molecule has 3 aromatic rings. The molecule has 0 unspecified atom stereocenters. The summed E-state index contributed by atoms with van der Waals surface area (Å²) < 4.78 is 36.2. The monoisotopic (exact) mass is 551 g/mol. The largest absolute Gasteiger partial charge is 0.492 e. The molecule has 36 heavy (non-hydrogen) atoms. The van der Waals surface area contributed by atoms with E-state index in [1.807, 2.05) is 18.3 Å². The maximum atomic E-state index is 13.2. The molecule has 10 nitrogen and oxygen atoms in total. The minimum absolute atomic E-state index is 0.322. The fourth-order valence-corrected chi connectivity index (χ4v) is 7.20. The molecule has 2 saturated heterocycles. The minimum Gasteiger partial charge on any atom is -0.492 e. The van der Waals surface area contributed by atoms with Crippen molar-refractivity contribution in [2.24, 2.45) is 0 Å². The zero-order valence-electron chi connectivity index (χ0n) is 19.9. The number of ether oxygens (including phenoxy) is 1. The molecule has 0 atom stereocenters. The molecule has 2 aliphatic heterocycles. The third kappa shape index (κ3) is 6.01. The van der Waals surface area contributed by atoms with Crippen LogP contribution in [-0.2, 0) is 23.1 Å². The van der Waals surface area contributed by atoms with Crippen LogP contribution in [0, 0.1) is 0 Å². The second-order valence-electron chi connectivity index (χ2n) is 8.76. The Labute approximate surface area is 220 Å². The fraction of sp³-hybridized carbons (Fsp3) is 0.478. The molecular weight excluding hydrogens is 522 g/mol. The van der Waals surface area contributed by atoms with Gasteiger partial charge in [0.25, 0.3) is 10.0 Å². The van der Waals surface area contributed by atoms with Gasteiger partial charge in [0.15, 0.2) is 9.34 Å². The number of benzene rings is 1. The molecule has 194 valence electrons. The number of rotatable bonds is 9. The second kappa shape index (κ2) is 11.4. The van der Waals surface area contributed by atoms with Gasteiger partial charge >= 0.3 is 0 Å². The SMILES string of the molecule is O=S(=O)(c1cnc(N2CCNCC2)s1)N1CCN(Cc2cncn2CCOc2ccc(Cl)cc2)CC1. The lowest BCUT2D eigenvalue weighted by Crippen LogP contribution is -2.48. The highest BCUT2D eigenvalue weighted by Crippen LogP contribution is 2.29. The summed E-state index contributed by atoms with van der Waals surface area (Å²) in [6.45, 7) is 7.59. The number of nitrogens with zero attached hydrogens (tertiary/aromatic N) is 6. The van der Waals surface area contributed by atoms with Gasteiger partial charge in [-0.05, 0) is 24.3 Å². The van der Waals surface area contributed by atoms with Crippen molar-refractivity contribution in [3.8, 4) is 5.75 Å². The Kier molecular flexibility index (Phi) is 8.09. The average Bonchev–Trinajstić information content (AvgIpc) is 3.57. The van der Waals surface area contributed by atoms with E-state index in [9.17, 15) is 8.42 Å². The highest BCUT2D eigenvalue weighted by molar-refractivity contribution is 7.91. The molecule has 0 aliphatic carbocycles. The van der Waals surface area contributed by atoms with Crippen molar-refractivity contribution in [3.63, 3.8) is 0 Å². The van der Waals surface area contributed by atoms with Crippen molar-refractivity contribution in [3.05, 3.63) is 53.7 Å². The van der Waals surface area contributed by atoms with E-state index in [2.05, 4.69) is 29.7 Å². The average molecular weight is 552 g/mol. The zero-order chi connectivity index (χ0) is 25.0. The molecule has 0 radical (unpaired) electrons. The summed E-state index contributed by atoms with van der Waals surface area (Å²) >= 11 is 7.19. The number of aromatic nitrogens is 3. The van der Waals surface area contributed by atoms with Gasteiger partial charge in [-0.3, -0.25) is 4.90 Å². The number of halogens is 1. The van der Waals surface area contributed by atoms with E-state index < -0.39 is 10.0 Å². The summed E-state index contributed by atoms with van der Waals surface area (Å²) in [4.78, 5) is 13.1. The predicted molar refractivity (Wildman–Crippen MR) is 140 cm³/mol. The Morgan fingerprint density at radius 1 is 1.03 bits per heavy atom. The molecule has 0 bridgehead atoms. The Hall–Kier alpha value is -2.22. The Bertz CT molecular complexity index is 1230. The summed E-state index contributed by atoms with van der Waals surface area (Å²) in [5, 5.41) is 4.76. The third-order valence-electron chi connectivity index (χ3n) is 6.38. The van der Waals surface area contributed by atoms with Crippen molar-refractivity contribution < 1.29 is 13.2 Å². The smallest absolute Gasteiger partial charge is 0.254 e. The number of piperazine rings is 2. The Balaban J connectivity index is 1.12. The third-order valence-corrected chi connectivity index (χ3v) is 10.0. The lowest BCUT2D eigenvalue weighted by molar-refractivity contribution is 0.177. The van der Waals surface area contributed by atoms with Crippen LogP contribution in [0.1, 0.15) is 5.69 Å². The number of imidazole rings is 1. The van der Waals surface area contributed by atoms with E-state index >= 15 is 0 Å². The van der Waals surface area contributed by atoms with Gasteiger partial charge in [-0.15, -0.1) is 0 Å². The first-order valence-corrected chi connectivity index (χ1v) is 14.6. The number of anilines is 1. The quantitative estimate of drug-likeness (QED) is 0.431. The van der Waals surface area contributed by atoms with Crippen LogP contribution in [0.5, 0.6) is 5.75 Å². The molecule has 0 spiro atoms. The zero-order valence-corrected chi connectivity index (χ0v) is 22.3. The summed E-state index contributed by atoms with van der Waals surface area (Å²) in [5.41, 5.74) is 1.08. The van der Waals surface area contributed by atoms with Crippen molar-refractivity contribution in [2.75, 3.05) is 63.9 Å². The fourth-order valence-electron chi connectivity index (χ4n) is 4.33. The Morgan fingerprint density at radius 2 is 1.78 bits per heavy atom.